The first kappa shape index (κ1) is 13.4. The molecule has 1 aromatic carbocycles. The summed E-state index contributed by atoms with van der Waals surface area (Å²) >= 11 is 1.98. The SMILES string of the molecule is CCSC1CCCC1n1nnc2cc(C(=O)O)ccc21. The predicted octanol–water partition coefficient (Wildman–Crippen LogP) is 2.98. The van der Waals surface area contributed by atoms with E-state index in [-0.39, 0.29) is 5.56 Å². The second kappa shape index (κ2) is 5.44. The number of carbonyl (C=O) groups is 1. The van der Waals surface area contributed by atoms with Crippen LogP contribution in [0.2, 0.25) is 0 Å². The van der Waals surface area contributed by atoms with Gasteiger partial charge in [-0.05, 0) is 36.8 Å². The van der Waals surface area contributed by atoms with Gasteiger partial charge in [-0.15, -0.1) is 5.10 Å². The third kappa shape index (κ3) is 2.28. The molecule has 0 saturated heterocycles. The fraction of sp³-hybridized carbons (Fsp3) is 0.500. The number of fused-ring (bicyclic) bond motifs is 1. The van der Waals surface area contributed by atoms with Gasteiger partial charge in [0.25, 0.3) is 0 Å². The van der Waals surface area contributed by atoms with Crippen LogP contribution in [0, 0.1) is 0 Å². The minimum absolute atomic E-state index is 0.260. The number of carboxylic acid groups (broad SMARTS) is 1. The summed E-state index contributed by atoms with van der Waals surface area (Å²) in [6.07, 6.45) is 3.56. The maximum atomic E-state index is 11.0. The smallest absolute Gasteiger partial charge is 0.335 e. The molecule has 0 amide bonds. The monoisotopic (exact) mass is 291 g/mol. The van der Waals surface area contributed by atoms with Crippen LogP contribution in [0.5, 0.6) is 0 Å². The van der Waals surface area contributed by atoms with E-state index in [4.69, 9.17) is 5.11 Å². The summed E-state index contributed by atoms with van der Waals surface area (Å²) in [5.41, 5.74) is 1.86. The van der Waals surface area contributed by atoms with E-state index >= 15 is 0 Å². The molecule has 2 aromatic rings. The summed E-state index contributed by atoms with van der Waals surface area (Å²) in [5.74, 6) is 0.179. The summed E-state index contributed by atoms with van der Waals surface area (Å²) in [4.78, 5) is 11.0. The van der Waals surface area contributed by atoms with Gasteiger partial charge in [0.05, 0.1) is 17.1 Å². The molecule has 3 rings (SSSR count). The number of hydrogen-bond donors (Lipinski definition) is 1. The lowest BCUT2D eigenvalue weighted by atomic mass is 10.2. The first-order chi connectivity index (χ1) is 9.70. The molecule has 1 N–H and O–H groups in total. The Morgan fingerprint density at radius 2 is 2.35 bits per heavy atom. The molecule has 0 aliphatic heterocycles. The highest BCUT2D eigenvalue weighted by atomic mass is 32.2. The van der Waals surface area contributed by atoms with Gasteiger partial charge < -0.3 is 5.11 Å². The number of aromatic nitrogens is 3. The minimum atomic E-state index is -0.929. The zero-order valence-electron chi connectivity index (χ0n) is 11.3. The van der Waals surface area contributed by atoms with Crippen LogP contribution >= 0.6 is 11.8 Å². The minimum Gasteiger partial charge on any atom is -0.478 e. The van der Waals surface area contributed by atoms with Gasteiger partial charge in [0.1, 0.15) is 5.52 Å². The number of aromatic carboxylic acids is 1. The van der Waals surface area contributed by atoms with Crippen LogP contribution in [0.1, 0.15) is 42.6 Å². The molecule has 1 aromatic heterocycles. The zero-order chi connectivity index (χ0) is 14.1. The Labute approximate surface area is 121 Å². The summed E-state index contributed by atoms with van der Waals surface area (Å²) in [6, 6.07) is 5.42. The molecule has 1 heterocycles. The number of carboxylic acids is 1. The Morgan fingerprint density at radius 1 is 1.50 bits per heavy atom. The topological polar surface area (TPSA) is 68.0 Å². The van der Waals surface area contributed by atoms with Crippen LogP contribution in [0.3, 0.4) is 0 Å². The van der Waals surface area contributed by atoms with E-state index in [0.717, 1.165) is 17.7 Å². The summed E-state index contributed by atoms with van der Waals surface area (Å²) in [5, 5.41) is 18.0. The average molecular weight is 291 g/mol. The molecular weight excluding hydrogens is 274 g/mol. The van der Waals surface area contributed by atoms with Gasteiger partial charge in [-0.2, -0.15) is 11.8 Å². The molecule has 106 valence electrons. The van der Waals surface area contributed by atoms with Gasteiger partial charge in [-0.1, -0.05) is 18.6 Å². The standard InChI is InChI=1S/C14H17N3O2S/c1-2-20-13-5-3-4-12(13)17-11-7-6-9(14(18)19)8-10(11)15-16-17/h6-8,12-13H,2-5H2,1H3,(H,18,19). The number of nitrogens with zero attached hydrogens (tertiary/aromatic N) is 3. The third-order valence-corrected chi connectivity index (χ3v) is 5.14. The summed E-state index contributed by atoms with van der Waals surface area (Å²) in [7, 11) is 0. The Balaban J connectivity index is 1.98. The first-order valence-electron chi connectivity index (χ1n) is 6.90. The van der Waals surface area contributed by atoms with Crippen LogP contribution < -0.4 is 0 Å². The molecular formula is C14H17N3O2S. The number of rotatable bonds is 4. The highest BCUT2D eigenvalue weighted by molar-refractivity contribution is 7.99. The van der Waals surface area contributed by atoms with E-state index in [2.05, 4.69) is 17.2 Å². The van der Waals surface area contributed by atoms with E-state index < -0.39 is 5.97 Å². The predicted molar refractivity (Wildman–Crippen MR) is 79.3 cm³/mol. The van der Waals surface area contributed by atoms with E-state index in [1.165, 1.54) is 12.8 Å². The first-order valence-corrected chi connectivity index (χ1v) is 7.95. The molecule has 1 aliphatic carbocycles. The van der Waals surface area contributed by atoms with Gasteiger partial charge in [0.15, 0.2) is 0 Å². The summed E-state index contributed by atoms with van der Waals surface area (Å²) in [6.45, 7) is 2.18. The maximum Gasteiger partial charge on any atom is 0.335 e. The van der Waals surface area contributed by atoms with Crippen molar-refractivity contribution < 1.29 is 9.90 Å². The van der Waals surface area contributed by atoms with E-state index in [0.29, 0.717) is 16.8 Å². The molecule has 5 nitrogen and oxygen atoms in total. The van der Waals surface area contributed by atoms with Crippen molar-refractivity contribution in [3.8, 4) is 0 Å². The fourth-order valence-corrected chi connectivity index (χ4v) is 4.15. The normalized spacial score (nSPS) is 22.4. The Morgan fingerprint density at radius 3 is 3.10 bits per heavy atom. The number of benzene rings is 1. The van der Waals surface area contributed by atoms with Crippen LogP contribution in [0.4, 0.5) is 0 Å². The zero-order valence-corrected chi connectivity index (χ0v) is 12.1. The van der Waals surface area contributed by atoms with Crippen LogP contribution in [-0.2, 0) is 0 Å². The third-order valence-electron chi connectivity index (χ3n) is 3.83. The number of thioether (sulfide) groups is 1. The second-order valence-corrected chi connectivity index (χ2v) is 6.55. The lowest BCUT2D eigenvalue weighted by Gasteiger charge is -2.19. The van der Waals surface area contributed by atoms with Crippen LogP contribution in [0.15, 0.2) is 18.2 Å². The van der Waals surface area contributed by atoms with E-state index in [9.17, 15) is 4.79 Å². The van der Waals surface area contributed by atoms with E-state index in [1.54, 1.807) is 12.1 Å². The van der Waals surface area contributed by atoms with Crippen molar-refractivity contribution in [3.05, 3.63) is 23.8 Å². The Hall–Kier alpha value is -1.56. The quantitative estimate of drug-likeness (QED) is 0.938. The van der Waals surface area contributed by atoms with Crippen LogP contribution in [-0.4, -0.2) is 37.1 Å². The van der Waals surface area contributed by atoms with Gasteiger partial charge in [0.2, 0.25) is 0 Å². The van der Waals surface area contributed by atoms with Gasteiger partial charge in [-0.25, -0.2) is 9.48 Å². The molecule has 2 atom stereocenters. The molecule has 6 heteroatoms. The molecule has 2 unspecified atom stereocenters. The van der Waals surface area contributed by atoms with Crippen molar-refractivity contribution in [2.24, 2.45) is 0 Å². The van der Waals surface area contributed by atoms with E-state index in [1.807, 2.05) is 22.5 Å². The number of hydrogen-bond acceptors (Lipinski definition) is 4. The lowest BCUT2D eigenvalue weighted by molar-refractivity contribution is 0.0697. The molecule has 0 bridgehead atoms. The molecule has 0 spiro atoms. The average Bonchev–Trinajstić information content (AvgIpc) is 3.04. The second-order valence-electron chi connectivity index (χ2n) is 5.03. The fourth-order valence-electron chi connectivity index (χ4n) is 2.91. The highest BCUT2D eigenvalue weighted by Crippen LogP contribution is 2.39. The van der Waals surface area contributed by atoms with Crippen molar-refractivity contribution >= 4 is 28.8 Å². The van der Waals surface area contributed by atoms with Crippen molar-refractivity contribution in [2.75, 3.05) is 5.75 Å². The van der Waals surface area contributed by atoms with Crippen molar-refractivity contribution in [2.45, 2.75) is 37.5 Å². The highest BCUT2D eigenvalue weighted by Gasteiger charge is 2.30. The summed E-state index contributed by atoms with van der Waals surface area (Å²) < 4.78 is 1.99. The largest absolute Gasteiger partial charge is 0.478 e. The van der Waals surface area contributed by atoms with Gasteiger partial charge in [-0.3, -0.25) is 0 Å². The molecule has 1 aliphatic rings. The molecule has 1 fully saturated rings. The Kier molecular flexibility index (Phi) is 3.65. The van der Waals surface area contributed by atoms with Crippen molar-refractivity contribution in [1.29, 1.82) is 0 Å². The van der Waals surface area contributed by atoms with Crippen LogP contribution in [0.25, 0.3) is 11.0 Å². The molecule has 0 radical (unpaired) electrons. The van der Waals surface area contributed by atoms with Crippen molar-refractivity contribution in [3.63, 3.8) is 0 Å². The lowest BCUT2D eigenvalue weighted by Crippen LogP contribution is -2.17. The van der Waals surface area contributed by atoms with Gasteiger partial charge >= 0.3 is 5.97 Å². The Bertz CT molecular complexity index is 640. The molecule has 20 heavy (non-hydrogen) atoms. The van der Waals surface area contributed by atoms with Crippen molar-refractivity contribution in [1.82, 2.24) is 15.0 Å². The maximum absolute atomic E-state index is 11.0. The molecule has 1 saturated carbocycles. The van der Waals surface area contributed by atoms with Gasteiger partial charge in [0, 0.05) is 5.25 Å².